The lowest BCUT2D eigenvalue weighted by atomic mass is 10.4. The Morgan fingerprint density at radius 1 is 1.41 bits per heavy atom. The maximum atomic E-state index is 11.9. The van der Waals surface area contributed by atoms with E-state index in [0.717, 1.165) is 12.8 Å². The Morgan fingerprint density at radius 3 is 2.47 bits per heavy atom. The van der Waals surface area contributed by atoms with Gasteiger partial charge >= 0.3 is 0 Å². The zero-order chi connectivity index (χ0) is 12.6. The van der Waals surface area contributed by atoms with Crippen molar-refractivity contribution in [1.29, 1.82) is 0 Å². The molecule has 0 atom stereocenters. The minimum absolute atomic E-state index is 0.0356. The first kappa shape index (κ1) is 12.1. The fourth-order valence-corrected chi connectivity index (χ4v) is 2.64. The third-order valence-electron chi connectivity index (χ3n) is 2.78. The first-order valence-electron chi connectivity index (χ1n) is 5.32. The van der Waals surface area contributed by atoms with Crippen molar-refractivity contribution in [2.75, 3.05) is 13.1 Å². The van der Waals surface area contributed by atoms with Crippen LogP contribution < -0.4 is 5.14 Å². The number of hydrogen-bond acceptors (Lipinski definition) is 4. The molecule has 1 aliphatic heterocycles. The predicted molar refractivity (Wildman–Crippen MR) is 60.0 cm³/mol. The fourth-order valence-electron chi connectivity index (χ4n) is 1.93. The number of likely N-dealkylation sites (tertiary alicyclic amines) is 1. The van der Waals surface area contributed by atoms with Gasteiger partial charge in [-0.3, -0.25) is 4.79 Å². The highest BCUT2D eigenvalue weighted by Crippen LogP contribution is 2.21. The lowest BCUT2D eigenvalue weighted by Gasteiger charge is -2.12. The molecule has 1 saturated heterocycles. The largest absolute Gasteiger partial charge is 0.455 e. The van der Waals surface area contributed by atoms with Crippen molar-refractivity contribution in [3.05, 3.63) is 17.6 Å². The molecule has 0 aliphatic carbocycles. The minimum Gasteiger partial charge on any atom is -0.455 e. The maximum Gasteiger partial charge on any atom is 0.289 e. The van der Waals surface area contributed by atoms with Gasteiger partial charge in [0.1, 0.15) is 10.7 Å². The molecular weight excluding hydrogens is 244 g/mol. The Morgan fingerprint density at radius 2 is 2.00 bits per heavy atom. The molecule has 0 aromatic carbocycles. The van der Waals surface area contributed by atoms with E-state index in [1.807, 2.05) is 0 Å². The highest BCUT2D eigenvalue weighted by molar-refractivity contribution is 7.89. The molecule has 1 fully saturated rings. The second-order valence-corrected chi connectivity index (χ2v) is 5.61. The minimum atomic E-state index is -3.83. The average molecular weight is 258 g/mol. The Balaban J connectivity index is 2.31. The maximum absolute atomic E-state index is 11.9. The predicted octanol–water partition coefficient (Wildman–Crippen LogP) is 0.471. The summed E-state index contributed by atoms with van der Waals surface area (Å²) in [6.07, 6.45) is 1.93. The van der Waals surface area contributed by atoms with Gasteiger partial charge in [-0.1, -0.05) is 0 Å². The van der Waals surface area contributed by atoms with Gasteiger partial charge in [0.15, 0.2) is 5.76 Å². The lowest BCUT2D eigenvalue weighted by Crippen LogP contribution is -2.27. The van der Waals surface area contributed by atoms with Crippen molar-refractivity contribution in [1.82, 2.24) is 4.90 Å². The second-order valence-electron chi connectivity index (χ2n) is 4.08. The number of sulfonamides is 1. The van der Waals surface area contributed by atoms with Gasteiger partial charge in [-0.25, -0.2) is 13.6 Å². The van der Waals surface area contributed by atoms with Crippen LogP contribution in [0.25, 0.3) is 0 Å². The summed E-state index contributed by atoms with van der Waals surface area (Å²) < 4.78 is 27.6. The first-order chi connectivity index (χ1) is 7.89. The van der Waals surface area contributed by atoms with E-state index in [1.54, 1.807) is 4.90 Å². The van der Waals surface area contributed by atoms with Gasteiger partial charge in [0.25, 0.3) is 5.91 Å². The molecule has 6 nitrogen and oxygen atoms in total. The molecule has 0 unspecified atom stereocenters. The molecule has 0 saturated carbocycles. The molecule has 1 aliphatic rings. The number of hydrogen-bond donors (Lipinski definition) is 1. The van der Waals surface area contributed by atoms with Crippen molar-refractivity contribution in [3.63, 3.8) is 0 Å². The highest BCUT2D eigenvalue weighted by atomic mass is 32.2. The van der Waals surface area contributed by atoms with Crippen molar-refractivity contribution < 1.29 is 17.6 Å². The fraction of sp³-hybridized carbons (Fsp3) is 0.500. The normalized spacial score (nSPS) is 16.5. The summed E-state index contributed by atoms with van der Waals surface area (Å²) in [5, 5.41) is 5.01. The Bertz CT molecular complexity index is 541. The SMILES string of the molecule is Cc1oc(C(=O)N2CCCC2)cc1S(N)(=O)=O. The van der Waals surface area contributed by atoms with Gasteiger partial charge in [-0.05, 0) is 19.8 Å². The van der Waals surface area contributed by atoms with Crippen LogP contribution >= 0.6 is 0 Å². The summed E-state index contributed by atoms with van der Waals surface area (Å²) in [7, 11) is -3.83. The van der Waals surface area contributed by atoms with E-state index < -0.39 is 10.0 Å². The van der Waals surface area contributed by atoms with E-state index in [-0.39, 0.29) is 22.3 Å². The quantitative estimate of drug-likeness (QED) is 0.834. The van der Waals surface area contributed by atoms with Gasteiger partial charge in [-0.2, -0.15) is 0 Å². The zero-order valence-electron chi connectivity index (χ0n) is 9.47. The third-order valence-corrected chi connectivity index (χ3v) is 3.80. The van der Waals surface area contributed by atoms with Crippen LogP contribution in [0.15, 0.2) is 15.4 Å². The van der Waals surface area contributed by atoms with E-state index >= 15 is 0 Å². The monoisotopic (exact) mass is 258 g/mol. The smallest absolute Gasteiger partial charge is 0.289 e. The van der Waals surface area contributed by atoms with Crippen LogP contribution in [0.5, 0.6) is 0 Å². The number of nitrogens with two attached hydrogens (primary N) is 1. The average Bonchev–Trinajstić information content (AvgIpc) is 2.83. The Labute approximate surface area is 99.4 Å². The van der Waals surface area contributed by atoms with Gasteiger partial charge in [0.2, 0.25) is 10.0 Å². The van der Waals surface area contributed by atoms with Crippen LogP contribution in [0, 0.1) is 6.92 Å². The number of furan rings is 1. The van der Waals surface area contributed by atoms with Crippen LogP contribution in [0.3, 0.4) is 0 Å². The molecule has 1 amide bonds. The van der Waals surface area contributed by atoms with E-state index in [9.17, 15) is 13.2 Å². The number of carbonyl (C=O) groups is 1. The van der Waals surface area contributed by atoms with Crippen LogP contribution in [0.4, 0.5) is 0 Å². The summed E-state index contributed by atoms with van der Waals surface area (Å²) >= 11 is 0. The molecule has 0 radical (unpaired) electrons. The molecular formula is C10H14N2O4S. The van der Waals surface area contributed by atoms with Crippen LogP contribution in [-0.4, -0.2) is 32.3 Å². The number of carbonyl (C=O) groups excluding carboxylic acids is 1. The lowest BCUT2D eigenvalue weighted by molar-refractivity contribution is 0.0760. The molecule has 7 heteroatoms. The molecule has 2 heterocycles. The summed E-state index contributed by atoms with van der Waals surface area (Å²) in [6, 6.07) is 1.20. The van der Waals surface area contributed by atoms with E-state index in [4.69, 9.17) is 9.56 Å². The van der Waals surface area contributed by atoms with Crippen molar-refractivity contribution in [2.45, 2.75) is 24.7 Å². The Hall–Kier alpha value is -1.34. The molecule has 94 valence electrons. The number of aryl methyl sites for hydroxylation is 1. The molecule has 0 bridgehead atoms. The van der Waals surface area contributed by atoms with Gasteiger partial charge < -0.3 is 9.32 Å². The Kier molecular flexibility index (Phi) is 2.96. The van der Waals surface area contributed by atoms with Crippen molar-refractivity contribution in [2.24, 2.45) is 5.14 Å². The highest BCUT2D eigenvalue weighted by Gasteiger charge is 2.26. The molecule has 17 heavy (non-hydrogen) atoms. The summed E-state index contributed by atoms with van der Waals surface area (Å²) in [5.41, 5.74) is 0. The van der Waals surface area contributed by atoms with Crippen molar-refractivity contribution >= 4 is 15.9 Å². The third kappa shape index (κ3) is 2.34. The molecule has 1 aromatic heterocycles. The molecule has 2 rings (SSSR count). The topological polar surface area (TPSA) is 93.6 Å². The number of rotatable bonds is 2. The summed E-state index contributed by atoms with van der Waals surface area (Å²) in [5.74, 6) is -0.0935. The summed E-state index contributed by atoms with van der Waals surface area (Å²) in [4.78, 5) is 13.5. The molecule has 1 aromatic rings. The van der Waals surface area contributed by atoms with Crippen LogP contribution in [-0.2, 0) is 10.0 Å². The van der Waals surface area contributed by atoms with E-state index in [1.165, 1.54) is 13.0 Å². The number of nitrogens with zero attached hydrogens (tertiary/aromatic N) is 1. The van der Waals surface area contributed by atoms with E-state index in [0.29, 0.717) is 13.1 Å². The summed E-state index contributed by atoms with van der Waals surface area (Å²) in [6.45, 7) is 2.84. The molecule has 0 spiro atoms. The number of amides is 1. The first-order valence-corrected chi connectivity index (χ1v) is 6.87. The van der Waals surface area contributed by atoms with Crippen molar-refractivity contribution in [3.8, 4) is 0 Å². The zero-order valence-corrected chi connectivity index (χ0v) is 10.3. The molecule has 2 N–H and O–H groups in total. The van der Waals surface area contributed by atoms with Gasteiger partial charge in [-0.15, -0.1) is 0 Å². The second kappa shape index (κ2) is 4.15. The standard InChI is InChI=1S/C10H14N2O4S/c1-7-9(17(11,14)15)6-8(16-7)10(13)12-4-2-3-5-12/h6H,2-5H2,1H3,(H2,11,14,15). The van der Waals surface area contributed by atoms with Crippen LogP contribution in [0.2, 0.25) is 0 Å². The number of primary sulfonamides is 1. The van der Waals surface area contributed by atoms with Crippen LogP contribution in [0.1, 0.15) is 29.2 Å². The van der Waals surface area contributed by atoms with Gasteiger partial charge in [0.05, 0.1) is 0 Å². The van der Waals surface area contributed by atoms with E-state index in [2.05, 4.69) is 0 Å². The van der Waals surface area contributed by atoms with Gasteiger partial charge in [0, 0.05) is 19.2 Å².